The normalized spacial score (nSPS) is 35.3. The highest BCUT2D eigenvalue weighted by Crippen LogP contribution is 2.42. The summed E-state index contributed by atoms with van der Waals surface area (Å²) in [5, 5.41) is 13.7. The zero-order valence-corrected chi connectivity index (χ0v) is 24.4. The van der Waals surface area contributed by atoms with E-state index < -0.39 is 47.6 Å². The molecule has 3 fully saturated rings. The lowest BCUT2D eigenvalue weighted by Crippen LogP contribution is -2.64. The molecule has 3 heterocycles. The number of thioether (sulfide) groups is 1. The molecule has 37 heavy (non-hydrogen) atoms. The average molecular weight is 580 g/mol. The lowest BCUT2D eigenvalue weighted by atomic mass is 9.92. The van der Waals surface area contributed by atoms with Gasteiger partial charge in [-0.25, -0.2) is 0 Å². The first-order chi connectivity index (χ1) is 17.3. The van der Waals surface area contributed by atoms with Crippen LogP contribution in [0.15, 0.2) is 24.3 Å². The highest BCUT2D eigenvalue weighted by molar-refractivity contribution is 7.99. The maximum Gasteiger partial charge on any atom is 0.237 e. The minimum Gasteiger partial charge on any atom is -0.497 e. The lowest BCUT2D eigenvalue weighted by molar-refractivity contribution is -0.167. The van der Waals surface area contributed by atoms with Crippen LogP contribution in [-0.4, -0.2) is 90.2 Å². The Balaban J connectivity index is 0.00000380. The molecule has 0 saturated carbocycles. The lowest BCUT2D eigenvalue weighted by Gasteiger charge is -2.43. The molecule has 210 valence electrons. The monoisotopic (exact) mass is 578 g/mol. The summed E-state index contributed by atoms with van der Waals surface area (Å²) in [5.41, 5.74) is 0.276. The first kappa shape index (κ1) is 30.8. The topological polar surface area (TPSA) is 89.5 Å². The molecule has 0 aliphatic carbocycles. The molecule has 8 nitrogen and oxygen atoms in total. The van der Waals surface area contributed by atoms with Crippen LogP contribution in [0.3, 0.4) is 0 Å². The van der Waals surface area contributed by atoms with Gasteiger partial charge in [-0.3, -0.25) is 9.69 Å². The van der Waals surface area contributed by atoms with E-state index in [1.807, 2.05) is 44.5 Å². The Labute approximate surface area is 235 Å². The van der Waals surface area contributed by atoms with Gasteiger partial charge in [0.2, 0.25) is 5.91 Å². The van der Waals surface area contributed by atoms with Gasteiger partial charge >= 0.3 is 0 Å². The summed E-state index contributed by atoms with van der Waals surface area (Å²) >= 11 is 8.06. The van der Waals surface area contributed by atoms with E-state index in [1.165, 1.54) is 11.8 Å². The van der Waals surface area contributed by atoms with Gasteiger partial charge in [0.25, 0.3) is 0 Å². The SMILES string of the molecule is CCC[C@@H]1C[C@@H](C(=O)NC(C(C)Cl)[C@H]2O[C@H](SC)[C@H](O)[C@H]3OC(c4ccc(OC)cc4)O[C@H]32)N(C)C1.Cl. The van der Waals surface area contributed by atoms with Crippen molar-refractivity contribution in [2.75, 3.05) is 27.0 Å². The largest absolute Gasteiger partial charge is 0.497 e. The average Bonchev–Trinajstić information content (AvgIpc) is 3.47. The van der Waals surface area contributed by atoms with Crippen molar-refractivity contribution >= 4 is 41.7 Å². The molecule has 0 aromatic heterocycles. The number of rotatable bonds is 9. The molecule has 10 atom stereocenters. The maximum atomic E-state index is 13.4. The second kappa shape index (κ2) is 13.5. The number of carbonyl (C=O) groups is 1. The fourth-order valence-electron chi connectivity index (χ4n) is 5.63. The smallest absolute Gasteiger partial charge is 0.237 e. The quantitative estimate of drug-likeness (QED) is 0.430. The number of nitrogens with one attached hydrogen (secondary N) is 1. The molecule has 1 aromatic rings. The van der Waals surface area contributed by atoms with Crippen LogP contribution >= 0.6 is 35.8 Å². The summed E-state index contributed by atoms with van der Waals surface area (Å²) < 4.78 is 24.1. The van der Waals surface area contributed by atoms with Crippen LogP contribution in [0.2, 0.25) is 0 Å². The molecule has 0 spiro atoms. The predicted molar refractivity (Wildman–Crippen MR) is 148 cm³/mol. The number of nitrogens with zero attached hydrogens (tertiary/aromatic N) is 1. The maximum absolute atomic E-state index is 13.4. The number of ether oxygens (including phenoxy) is 4. The van der Waals surface area contributed by atoms with Crippen LogP contribution in [0, 0.1) is 5.92 Å². The van der Waals surface area contributed by atoms with Gasteiger partial charge in [0.15, 0.2) is 6.29 Å². The molecule has 3 unspecified atom stereocenters. The number of aliphatic hydroxyl groups excluding tert-OH is 1. The fraction of sp³-hybridized carbons (Fsp3) is 0.731. The number of halogens is 2. The van der Waals surface area contributed by atoms with Crippen LogP contribution < -0.4 is 10.1 Å². The zero-order valence-electron chi connectivity index (χ0n) is 22.0. The predicted octanol–water partition coefficient (Wildman–Crippen LogP) is 3.58. The van der Waals surface area contributed by atoms with Gasteiger partial charge in [-0.2, -0.15) is 0 Å². The minimum atomic E-state index is -0.887. The number of carbonyl (C=O) groups excluding carboxylic acids is 1. The molecular weight excluding hydrogens is 539 g/mol. The van der Waals surface area contributed by atoms with Crippen molar-refractivity contribution in [1.82, 2.24) is 10.2 Å². The van der Waals surface area contributed by atoms with Gasteiger partial charge < -0.3 is 29.4 Å². The summed E-state index contributed by atoms with van der Waals surface area (Å²) in [5.74, 6) is 1.20. The third-order valence-electron chi connectivity index (χ3n) is 7.53. The van der Waals surface area contributed by atoms with Crippen LogP contribution in [0.25, 0.3) is 0 Å². The van der Waals surface area contributed by atoms with Crippen LogP contribution in [0.5, 0.6) is 5.75 Å². The number of fused-ring (bicyclic) bond motifs is 1. The van der Waals surface area contributed by atoms with Crippen molar-refractivity contribution in [3.05, 3.63) is 29.8 Å². The summed E-state index contributed by atoms with van der Waals surface area (Å²) in [6, 6.07) is 6.71. The van der Waals surface area contributed by atoms with Gasteiger partial charge in [0, 0.05) is 12.1 Å². The summed E-state index contributed by atoms with van der Waals surface area (Å²) in [7, 11) is 3.61. The summed E-state index contributed by atoms with van der Waals surface area (Å²) in [4.78, 5) is 15.5. The molecular formula is C26H40Cl2N2O6S. The van der Waals surface area contributed by atoms with Gasteiger partial charge in [0.1, 0.15) is 35.6 Å². The zero-order chi connectivity index (χ0) is 26.0. The van der Waals surface area contributed by atoms with E-state index in [-0.39, 0.29) is 24.4 Å². The summed E-state index contributed by atoms with van der Waals surface area (Å²) in [6.07, 6.45) is 1.56. The molecule has 4 rings (SSSR count). The van der Waals surface area contributed by atoms with Crippen molar-refractivity contribution in [3.63, 3.8) is 0 Å². The Kier molecular flexibility index (Phi) is 11.2. The molecule has 0 bridgehead atoms. The van der Waals surface area contributed by atoms with Gasteiger partial charge in [-0.1, -0.05) is 25.5 Å². The number of methoxy groups -OCH3 is 1. The van der Waals surface area contributed by atoms with Crippen molar-refractivity contribution in [2.24, 2.45) is 5.92 Å². The van der Waals surface area contributed by atoms with Crippen molar-refractivity contribution < 1.29 is 28.8 Å². The Bertz CT molecular complexity index is 881. The van der Waals surface area contributed by atoms with Gasteiger partial charge in [0.05, 0.1) is 24.6 Å². The van der Waals surface area contributed by atoms with E-state index in [0.717, 1.165) is 37.1 Å². The van der Waals surface area contributed by atoms with Crippen molar-refractivity contribution in [1.29, 1.82) is 0 Å². The number of alkyl halides is 1. The van der Waals surface area contributed by atoms with E-state index >= 15 is 0 Å². The first-order valence-electron chi connectivity index (χ1n) is 12.7. The number of benzene rings is 1. The number of amides is 1. The number of likely N-dealkylation sites (tertiary alicyclic amines) is 1. The minimum absolute atomic E-state index is 0. The molecule has 3 aliphatic heterocycles. The van der Waals surface area contributed by atoms with E-state index in [1.54, 1.807) is 7.11 Å². The Morgan fingerprint density at radius 2 is 1.95 bits per heavy atom. The van der Waals surface area contributed by atoms with E-state index in [9.17, 15) is 9.90 Å². The first-order valence-corrected chi connectivity index (χ1v) is 14.5. The van der Waals surface area contributed by atoms with E-state index in [0.29, 0.717) is 5.92 Å². The summed E-state index contributed by atoms with van der Waals surface area (Å²) in [6.45, 7) is 4.94. The standard InChI is InChI=1S/C26H39ClN2O6S.ClH/c1-6-7-15-12-18(29(3)13-15)24(31)28-19(14(2)27)21-23-22(20(30)26(35-21)36-5)33-25(34-23)16-8-10-17(32-4)11-9-16;/h8-11,14-15,18-23,25-26,30H,6-7,12-13H2,1-5H3,(H,28,31);1H/t14?,15-,18+,19?,20-,21-,22-,23+,25?,26-;/m1./s1. The Hall–Kier alpha value is -0.780. The molecule has 3 aliphatic rings. The number of aliphatic hydroxyl groups is 1. The highest BCUT2D eigenvalue weighted by atomic mass is 35.5. The second-order valence-electron chi connectivity index (χ2n) is 10.1. The molecule has 11 heteroatoms. The van der Waals surface area contributed by atoms with Crippen LogP contribution in [0.1, 0.15) is 45.0 Å². The van der Waals surface area contributed by atoms with Crippen molar-refractivity contribution in [2.45, 2.75) is 86.7 Å². The molecule has 0 radical (unpaired) electrons. The molecule has 1 amide bonds. The second-order valence-corrected chi connectivity index (χ2v) is 11.7. The van der Waals surface area contributed by atoms with Crippen LogP contribution in [0.4, 0.5) is 0 Å². The van der Waals surface area contributed by atoms with E-state index in [2.05, 4.69) is 17.1 Å². The van der Waals surface area contributed by atoms with Crippen molar-refractivity contribution in [3.8, 4) is 5.75 Å². The van der Waals surface area contributed by atoms with Gasteiger partial charge in [-0.15, -0.1) is 35.8 Å². The Morgan fingerprint density at radius 1 is 1.27 bits per heavy atom. The third kappa shape index (κ3) is 6.69. The third-order valence-corrected chi connectivity index (χ3v) is 8.65. The highest BCUT2D eigenvalue weighted by Gasteiger charge is 2.55. The fourth-order valence-corrected chi connectivity index (χ4v) is 6.51. The van der Waals surface area contributed by atoms with Crippen LogP contribution in [-0.2, 0) is 19.0 Å². The molecule has 3 saturated heterocycles. The Morgan fingerprint density at radius 3 is 2.54 bits per heavy atom. The number of likely N-dealkylation sites (N-methyl/N-ethyl adjacent to an activating group) is 1. The molecule has 1 aromatic carbocycles. The van der Waals surface area contributed by atoms with E-state index in [4.69, 9.17) is 30.5 Å². The van der Waals surface area contributed by atoms with Gasteiger partial charge in [-0.05, 0) is 51.1 Å². The number of hydrogen-bond donors (Lipinski definition) is 2. The molecule has 2 N–H and O–H groups in total. The number of hydrogen-bond acceptors (Lipinski definition) is 8.